The number of rotatable bonds is 7. The average molecular weight is 442 g/mol. The maximum Gasteiger partial charge on any atom is 0.240 e. The number of aryl methyl sites for hydroxylation is 2. The molecule has 1 N–H and O–H groups in total. The van der Waals surface area contributed by atoms with Gasteiger partial charge in [0.05, 0.1) is 4.90 Å². The van der Waals surface area contributed by atoms with E-state index in [1.165, 1.54) is 17.5 Å². The fourth-order valence-corrected chi connectivity index (χ4v) is 5.49. The number of carbonyl (C=O) groups excluding carboxylic acids is 1. The predicted molar refractivity (Wildman–Crippen MR) is 121 cm³/mol. The van der Waals surface area contributed by atoms with Crippen LogP contribution in [-0.4, -0.2) is 56.8 Å². The van der Waals surface area contributed by atoms with Gasteiger partial charge in [-0.15, -0.1) is 0 Å². The van der Waals surface area contributed by atoms with E-state index >= 15 is 0 Å². The molecule has 4 rings (SSSR count). The maximum atomic E-state index is 12.6. The first-order chi connectivity index (χ1) is 15.0. The highest BCUT2D eigenvalue weighted by atomic mass is 32.2. The lowest BCUT2D eigenvalue weighted by Crippen LogP contribution is -2.48. The number of nitrogens with one attached hydrogen (secondary N) is 1. The van der Waals surface area contributed by atoms with Crippen LogP contribution in [0, 0.1) is 0 Å². The summed E-state index contributed by atoms with van der Waals surface area (Å²) in [6.07, 6.45) is 4.42. The Labute approximate surface area is 185 Å². The monoisotopic (exact) mass is 441 g/mol. The number of hydrogen-bond acceptors (Lipinski definition) is 4. The van der Waals surface area contributed by atoms with Crippen molar-refractivity contribution in [1.82, 2.24) is 14.5 Å². The lowest BCUT2D eigenvalue weighted by Gasteiger charge is -2.34. The number of amides is 1. The third-order valence-corrected chi connectivity index (χ3v) is 7.69. The van der Waals surface area contributed by atoms with Crippen LogP contribution < -0.4 is 4.72 Å². The van der Waals surface area contributed by atoms with Gasteiger partial charge in [-0.2, -0.15) is 0 Å². The van der Waals surface area contributed by atoms with Crippen molar-refractivity contribution >= 4 is 15.9 Å². The number of nitrogens with zero attached hydrogens (tertiary/aromatic N) is 2. The van der Waals surface area contributed by atoms with E-state index in [2.05, 4.69) is 21.8 Å². The first kappa shape index (κ1) is 22.0. The quantitative estimate of drug-likeness (QED) is 0.717. The van der Waals surface area contributed by atoms with E-state index in [1.807, 2.05) is 29.2 Å². The molecule has 1 aliphatic heterocycles. The molecule has 0 radical (unpaired) electrons. The van der Waals surface area contributed by atoms with Crippen molar-refractivity contribution in [3.05, 3.63) is 65.2 Å². The van der Waals surface area contributed by atoms with Gasteiger partial charge in [0.1, 0.15) is 0 Å². The Morgan fingerprint density at radius 3 is 2.35 bits per heavy atom. The second kappa shape index (κ2) is 9.94. The van der Waals surface area contributed by atoms with Gasteiger partial charge < -0.3 is 4.90 Å². The minimum Gasteiger partial charge on any atom is -0.340 e. The summed E-state index contributed by atoms with van der Waals surface area (Å²) in [5, 5.41) is 0. The van der Waals surface area contributed by atoms with Crippen LogP contribution in [0.3, 0.4) is 0 Å². The van der Waals surface area contributed by atoms with Gasteiger partial charge in [0.2, 0.25) is 15.9 Å². The summed E-state index contributed by atoms with van der Waals surface area (Å²) in [6, 6.07) is 15.7. The van der Waals surface area contributed by atoms with E-state index < -0.39 is 10.0 Å². The Kier molecular flexibility index (Phi) is 7.05. The molecule has 2 aromatic rings. The summed E-state index contributed by atoms with van der Waals surface area (Å²) < 4.78 is 27.9. The molecule has 7 heteroatoms. The van der Waals surface area contributed by atoms with E-state index in [0.29, 0.717) is 18.0 Å². The number of sulfonamides is 1. The molecule has 2 aliphatic rings. The number of piperazine rings is 1. The van der Waals surface area contributed by atoms with E-state index in [4.69, 9.17) is 0 Å². The van der Waals surface area contributed by atoms with Gasteiger partial charge in [0, 0.05) is 45.7 Å². The minimum atomic E-state index is -3.59. The van der Waals surface area contributed by atoms with Crippen molar-refractivity contribution in [3.8, 4) is 0 Å². The van der Waals surface area contributed by atoms with Crippen LogP contribution in [0.25, 0.3) is 0 Å². The standard InChI is InChI=1S/C24H31N3O3S/c28-24(27-16-14-26(15-17-27)19-20-6-2-1-3-7-20)12-13-25-31(29,30)23-11-10-21-8-4-5-9-22(21)18-23/h1-3,6-7,10-11,18,25H,4-5,8-9,12-17,19H2. The Balaban J connectivity index is 1.23. The van der Waals surface area contributed by atoms with Gasteiger partial charge in [0.15, 0.2) is 0 Å². The van der Waals surface area contributed by atoms with Crippen molar-refractivity contribution in [2.45, 2.75) is 43.5 Å². The first-order valence-corrected chi connectivity index (χ1v) is 12.7. The molecule has 31 heavy (non-hydrogen) atoms. The highest BCUT2D eigenvalue weighted by molar-refractivity contribution is 7.89. The summed E-state index contributed by atoms with van der Waals surface area (Å²) >= 11 is 0. The fraction of sp³-hybridized carbons (Fsp3) is 0.458. The molecule has 0 atom stereocenters. The van der Waals surface area contributed by atoms with Crippen molar-refractivity contribution in [1.29, 1.82) is 0 Å². The van der Waals surface area contributed by atoms with Crippen LogP contribution in [-0.2, 0) is 34.2 Å². The van der Waals surface area contributed by atoms with Crippen molar-refractivity contribution in [2.24, 2.45) is 0 Å². The summed E-state index contributed by atoms with van der Waals surface area (Å²) in [4.78, 5) is 17.0. The number of carbonyl (C=O) groups is 1. The number of benzene rings is 2. The molecule has 0 spiro atoms. The first-order valence-electron chi connectivity index (χ1n) is 11.2. The van der Waals surface area contributed by atoms with Crippen LogP contribution >= 0.6 is 0 Å². The van der Waals surface area contributed by atoms with Crippen molar-refractivity contribution in [2.75, 3.05) is 32.7 Å². The van der Waals surface area contributed by atoms with Crippen molar-refractivity contribution in [3.63, 3.8) is 0 Å². The van der Waals surface area contributed by atoms with Gasteiger partial charge in [0.25, 0.3) is 0 Å². The molecular formula is C24H31N3O3S. The van der Waals surface area contributed by atoms with E-state index in [9.17, 15) is 13.2 Å². The van der Waals surface area contributed by atoms with Gasteiger partial charge in [-0.3, -0.25) is 9.69 Å². The Morgan fingerprint density at radius 2 is 1.61 bits per heavy atom. The molecule has 1 amide bonds. The average Bonchev–Trinajstić information content (AvgIpc) is 2.80. The molecule has 0 unspecified atom stereocenters. The number of fused-ring (bicyclic) bond motifs is 1. The summed E-state index contributed by atoms with van der Waals surface area (Å²) in [5.41, 5.74) is 3.67. The molecule has 0 saturated carbocycles. The zero-order chi connectivity index (χ0) is 21.7. The molecule has 1 saturated heterocycles. The van der Waals surface area contributed by atoms with E-state index in [1.54, 1.807) is 12.1 Å². The van der Waals surface area contributed by atoms with Crippen LogP contribution in [0.15, 0.2) is 53.4 Å². The lowest BCUT2D eigenvalue weighted by molar-refractivity contribution is -0.132. The minimum absolute atomic E-state index is 0.00695. The fourth-order valence-electron chi connectivity index (χ4n) is 4.41. The number of hydrogen-bond donors (Lipinski definition) is 1. The summed E-state index contributed by atoms with van der Waals surface area (Å²) in [7, 11) is -3.59. The summed E-state index contributed by atoms with van der Waals surface area (Å²) in [6.45, 7) is 4.06. The maximum absolute atomic E-state index is 12.6. The van der Waals surface area contributed by atoms with E-state index in [0.717, 1.165) is 44.5 Å². The van der Waals surface area contributed by atoms with Crippen molar-refractivity contribution < 1.29 is 13.2 Å². The predicted octanol–water partition coefficient (Wildman–Crippen LogP) is 2.58. The topological polar surface area (TPSA) is 69.7 Å². The lowest BCUT2D eigenvalue weighted by atomic mass is 9.92. The summed E-state index contributed by atoms with van der Waals surface area (Å²) in [5.74, 6) is 0.00695. The Hall–Kier alpha value is -2.22. The second-order valence-corrected chi connectivity index (χ2v) is 10.2. The van der Waals surface area contributed by atoms with Crippen LogP contribution in [0.5, 0.6) is 0 Å². The molecule has 1 fully saturated rings. The smallest absolute Gasteiger partial charge is 0.240 e. The Morgan fingerprint density at radius 1 is 0.903 bits per heavy atom. The van der Waals surface area contributed by atoms with Gasteiger partial charge in [-0.05, 0) is 54.5 Å². The zero-order valence-corrected chi connectivity index (χ0v) is 18.7. The highest BCUT2D eigenvalue weighted by Gasteiger charge is 2.22. The zero-order valence-electron chi connectivity index (χ0n) is 17.9. The SMILES string of the molecule is O=C(CCNS(=O)(=O)c1ccc2c(c1)CCCC2)N1CCN(Cc2ccccc2)CC1. The van der Waals surface area contributed by atoms with E-state index in [-0.39, 0.29) is 18.9 Å². The van der Waals surface area contributed by atoms with Gasteiger partial charge in [-0.1, -0.05) is 36.4 Å². The van der Waals surface area contributed by atoms with Gasteiger partial charge in [-0.25, -0.2) is 13.1 Å². The molecule has 1 heterocycles. The van der Waals surface area contributed by atoms with Crippen LogP contribution in [0.2, 0.25) is 0 Å². The molecule has 1 aliphatic carbocycles. The third-order valence-electron chi connectivity index (χ3n) is 6.24. The molecule has 2 aromatic carbocycles. The Bertz CT molecular complexity index is 1000. The highest BCUT2D eigenvalue weighted by Crippen LogP contribution is 2.24. The molecule has 6 nitrogen and oxygen atoms in total. The largest absolute Gasteiger partial charge is 0.340 e. The normalized spacial score (nSPS) is 17.4. The van der Waals surface area contributed by atoms with Gasteiger partial charge >= 0.3 is 0 Å². The third kappa shape index (κ3) is 5.73. The molecular weight excluding hydrogens is 410 g/mol. The van der Waals surface area contributed by atoms with Crippen LogP contribution in [0.1, 0.15) is 36.0 Å². The second-order valence-electron chi connectivity index (χ2n) is 8.43. The molecule has 0 aromatic heterocycles. The van der Waals surface area contributed by atoms with Crippen LogP contribution in [0.4, 0.5) is 0 Å². The molecule has 166 valence electrons. The molecule has 0 bridgehead atoms.